The number of rotatable bonds is 2. The van der Waals surface area contributed by atoms with Gasteiger partial charge < -0.3 is 10.3 Å². The lowest BCUT2D eigenvalue weighted by Gasteiger charge is -1.99. The maximum absolute atomic E-state index is 12.5. The third-order valence-electron chi connectivity index (χ3n) is 1.30. The highest BCUT2D eigenvalue weighted by Gasteiger charge is 1.98. The Balaban J connectivity index is 0.000000500. The molecule has 0 aliphatic rings. The number of hydrogen-bond donors (Lipinski definition) is 1. The molecule has 14 heavy (non-hydrogen) atoms. The van der Waals surface area contributed by atoms with E-state index in [-0.39, 0.29) is 0 Å². The molecular formula is C10H14F2N2. The van der Waals surface area contributed by atoms with Gasteiger partial charge in [0.15, 0.2) is 0 Å². The normalized spacial score (nSPS) is 8.86. The first-order chi connectivity index (χ1) is 6.63. The Morgan fingerprint density at radius 1 is 1.29 bits per heavy atom. The molecule has 0 bridgehead atoms. The molecule has 2 nitrogen and oxygen atoms in total. The van der Waals surface area contributed by atoms with Crippen LogP contribution in [0.3, 0.4) is 0 Å². The molecule has 1 aromatic carbocycles. The van der Waals surface area contributed by atoms with Crippen LogP contribution in [0, 0.1) is 11.6 Å². The summed E-state index contributed by atoms with van der Waals surface area (Å²) < 4.78 is 25.0. The fourth-order valence-corrected chi connectivity index (χ4v) is 0.917. The number of nitrogens with one attached hydrogen (secondary N) is 1. The number of aliphatic imine (C=N–C) groups is 1. The number of hydrogen-bond acceptors (Lipinski definition) is 2. The summed E-state index contributed by atoms with van der Waals surface area (Å²) in [5.74, 6) is -1.06. The van der Waals surface area contributed by atoms with Crippen molar-refractivity contribution in [3.8, 4) is 0 Å². The maximum Gasteiger partial charge on any atom is 0.126 e. The summed E-state index contributed by atoms with van der Waals surface area (Å²) in [6, 6.07) is 3.47. The van der Waals surface area contributed by atoms with Crippen molar-refractivity contribution >= 4 is 6.72 Å². The second-order valence-electron chi connectivity index (χ2n) is 2.62. The van der Waals surface area contributed by atoms with Crippen molar-refractivity contribution in [3.05, 3.63) is 35.4 Å². The lowest BCUT2D eigenvalue weighted by molar-refractivity contribution is 0.578. The highest BCUT2D eigenvalue weighted by atomic mass is 19.1. The van der Waals surface area contributed by atoms with E-state index >= 15 is 0 Å². The molecule has 4 heteroatoms. The van der Waals surface area contributed by atoms with E-state index in [9.17, 15) is 8.78 Å². The van der Waals surface area contributed by atoms with Crippen LogP contribution in [0.1, 0.15) is 5.56 Å². The van der Waals surface area contributed by atoms with Crippen LogP contribution in [-0.2, 0) is 6.54 Å². The Morgan fingerprint density at radius 2 is 1.71 bits per heavy atom. The van der Waals surface area contributed by atoms with Gasteiger partial charge in [-0.1, -0.05) is 0 Å². The Bertz CT molecular complexity index is 267. The quantitative estimate of drug-likeness (QED) is 0.725. The predicted molar refractivity (Wildman–Crippen MR) is 54.6 cm³/mol. The summed E-state index contributed by atoms with van der Waals surface area (Å²) in [7, 11) is 3.36. The van der Waals surface area contributed by atoms with Crippen LogP contribution >= 0.6 is 0 Å². The molecular weight excluding hydrogens is 186 g/mol. The SMILES string of the molecule is C=NC.CNCc1cc(F)cc(F)c1. The van der Waals surface area contributed by atoms with Gasteiger partial charge in [0.1, 0.15) is 11.6 Å². The largest absolute Gasteiger partial charge is 0.316 e. The third-order valence-corrected chi connectivity index (χ3v) is 1.30. The second kappa shape index (κ2) is 7.15. The fraction of sp³-hybridized carbons (Fsp3) is 0.300. The van der Waals surface area contributed by atoms with Gasteiger partial charge in [-0.3, -0.25) is 0 Å². The minimum atomic E-state index is -0.532. The number of nitrogens with zero attached hydrogens (tertiary/aromatic N) is 1. The molecule has 0 aliphatic carbocycles. The van der Waals surface area contributed by atoms with Crippen LogP contribution in [0.4, 0.5) is 8.78 Å². The molecule has 0 aromatic heterocycles. The maximum atomic E-state index is 12.5. The van der Waals surface area contributed by atoms with Crippen molar-refractivity contribution < 1.29 is 8.78 Å². The van der Waals surface area contributed by atoms with E-state index in [0.29, 0.717) is 12.1 Å². The number of halogens is 2. The molecule has 0 atom stereocenters. The highest BCUT2D eigenvalue weighted by Crippen LogP contribution is 2.06. The minimum absolute atomic E-state index is 0.481. The average Bonchev–Trinajstić information content (AvgIpc) is 2.03. The van der Waals surface area contributed by atoms with Crippen LogP contribution in [0.2, 0.25) is 0 Å². The Hall–Kier alpha value is -1.29. The van der Waals surface area contributed by atoms with Crippen LogP contribution in [-0.4, -0.2) is 20.8 Å². The summed E-state index contributed by atoms with van der Waals surface area (Å²) in [5.41, 5.74) is 0.616. The smallest absolute Gasteiger partial charge is 0.126 e. The van der Waals surface area contributed by atoms with Gasteiger partial charge in [0.2, 0.25) is 0 Å². The molecule has 1 N–H and O–H groups in total. The Labute approximate surface area is 82.7 Å². The molecule has 1 aromatic rings. The summed E-state index contributed by atoms with van der Waals surface area (Å²) in [4.78, 5) is 3.25. The second-order valence-corrected chi connectivity index (χ2v) is 2.62. The van der Waals surface area contributed by atoms with Gasteiger partial charge in [-0.2, -0.15) is 0 Å². The molecule has 1 rings (SSSR count). The summed E-state index contributed by atoms with van der Waals surface area (Å²) in [5, 5.41) is 2.81. The van der Waals surface area contributed by atoms with Crippen LogP contribution in [0.25, 0.3) is 0 Å². The monoisotopic (exact) mass is 200 g/mol. The van der Waals surface area contributed by atoms with Gasteiger partial charge in [-0.25, -0.2) is 8.78 Å². The lowest BCUT2D eigenvalue weighted by Crippen LogP contribution is -2.05. The van der Waals surface area contributed by atoms with E-state index in [4.69, 9.17) is 0 Å². The van der Waals surface area contributed by atoms with E-state index in [1.54, 1.807) is 14.1 Å². The molecule has 0 radical (unpaired) electrons. The van der Waals surface area contributed by atoms with Crippen molar-refractivity contribution in [3.63, 3.8) is 0 Å². The summed E-state index contributed by atoms with van der Waals surface area (Å²) in [6.45, 7) is 3.59. The van der Waals surface area contributed by atoms with Crippen molar-refractivity contribution in [2.24, 2.45) is 4.99 Å². The molecule has 0 saturated heterocycles. The van der Waals surface area contributed by atoms with Gasteiger partial charge in [-0.15, -0.1) is 0 Å². The van der Waals surface area contributed by atoms with Gasteiger partial charge in [0.05, 0.1) is 0 Å². The zero-order valence-corrected chi connectivity index (χ0v) is 8.35. The van der Waals surface area contributed by atoms with E-state index < -0.39 is 11.6 Å². The minimum Gasteiger partial charge on any atom is -0.316 e. The van der Waals surface area contributed by atoms with Gasteiger partial charge in [0, 0.05) is 19.7 Å². The van der Waals surface area contributed by atoms with E-state index in [1.807, 2.05) is 0 Å². The zero-order valence-electron chi connectivity index (χ0n) is 8.35. The van der Waals surface area contributed by atoms with Crippen LogP contribution in [0.5, 0.6) is 0 Å². The summed E-state index contributed by atoms with van der Waals surface area (Å²) in [6.07, 6.45) is 0. The predicted octanol–water partition coefficient (Wildman–Crippen LogP) is 2.00. The third kappa shape index (κ3) is 5.37. The molecule has 0 aliphatic heterocycles. The standard InChI is InChI=1S/C8H9F2N.C2H5N/c1-11-5-6-2-7(9)4-8(10)3-6;1-3-2/h2-4,11H,5H2,1H3;1H2,2H3. The first kappa shape index (κ1) is 12.7. The topological polar surface area (TPSA) is 24.4 Å². The van der Waals surface area contributed by atoms with Crippen LogP contribution < -0.4 is 5.32 Å². The van der Waals surface area contributed by atoms with Gasteiger partial charge in [-0.05, 0) is 31.5 Å². The van der Waals surface area contributed by atoms with E-state index in [1.165, 1.54) is 12.1 Å². The van der Waals surface area contributed by atoms with E-state index in [2.05, 4.69) is 17.0 Å². The van der Waals surface area contributed by atoms with Crippen molar-refractivity contribution in [2.45, 2.75) is 6.54 Å². The fourth-order valence-electron chi connectivity index (χ4n) is 0.917. The molecule has 0 heterocycles. The van der Waals surface area contributed by atoms with Crippen molar-refractivity contribution in [2.75, 3.05) is 14.1 Å². The van der Waals surface area contributed by atoms with Gasteiger partial charge in [0.25, 0.3) is 0 Å². The average molecular weight is 200 g/mol. The lowest BCUT2D eigenvalue weighted by atomic mass is 10.2. The first-order valence-corrected chi connectivity index (χ1v) is 4.08. The molecule has 0 spiro atoms. The molecule has 0 unspecified atom stereocenters. The van der Waals surface area contributed by atoms with Gasteiger partial charge >= 0.3 is 0 Å². The highest BCUT2D eigenvalue weighted by molar-refractivity contribution is 5.22. The molecule has 0 fully saturated rings. The number of benzene rings is 1. The van der Waals surface area contributed by atoms with E-state index in [0.717, 1.165) is 6.07 Å². The molecule has 0 amide bonds. The zero-order chi connectivity index (χ0) is 11.0. The summed E-state index contributed by atoms with van der Waals surface area (Å²) >= 11 is 0. The van der Waals surface area contributed by atoms with Crippen molar-refractivity contribution in [1.29, 1.82) is 0 Å². The first-order valence-electron chi connectivity index (χ1n) is 4.08. The van der Waals surface area contributed by atoms with Crippen LogP contribution in [0.15, 0.2) is 23.2 Å². The Kier molecular flexibility index (Phi) is 6.49. The Morgan fingerprint density at radius 3 is 2.07 bits per heavy atom. The van der Waals surface area contributed by atoms with Crippen molar-refractivity contribution in [1.82, 2.24) is 5.32 Å². The molecule has 78 valence electrons. The molecule has 0 saturated carbocycles.